The number of carbonyl (C=O) groups excluding carboxylic acids is 1. The van der Waals surface area contributed by atoms with Crippen LogP contribution in [0.25, 0.3) is 0 Å². The summed E-state index contributed by atoms with van der Waals surface area (Å²) < 4.78 is 4.25. The van der Waals surface area contributed by atoms with E-state index in [0.29, 0.717) is 10.5 Å². The SMILES string of the molecule is C(#Cc1ccccc1)c1ccccc1.CC(=O)O[SiH3]. The van der Waals surface area contributed by atoms with Crippen LogP contribution in [-0.4, -0.2) is 16.5 Å². The van der Waals surface area contributed by atoms with Crippen molar-refractivity contribution in [2.24, 2.45) is 0 Å². The predicted octanol–water partition coefficient (Wildman–Crippen LogP) is 1.92. The van der Waals surface area contributed by atoms with Crippen LogP contribution in [-0.2, 0) is 9.22 Å². The topological polar surface area (TPSA) is 26.3 Å². The molecule has 0 aliphatic carbocycles. The van der Waals surface area contributed by atoms with Crippen LogP contribution in [0.4, 0.5) is 0 Å². The van der Waals surface area contributed by atoms with Gasteiger partial charge >= 0.3 is 0 Å². The molecule has 19 heavy (non-hydrogen) atoms. The maximum Gasteiger partial charge on any atom is 0.288 e. The van der Waals surface area contributed by atoms with Crippen LogP contribution in [0, 0.1) is 11.8 Å². The highest BCUT2D eigenvalue weighted by atomic mass is 28.2. The van der Waals surface area contributed by atoms with E-state index in [9.17, 15) is 4.79 Å². The van der Waals surface area contributed by atoms with Crippen LogP contribution in [0.5, 0.6) is 0 Å². The molecule has 2 aromatic rings. The predicted molar refractivity (Wildman–Crippen MR) is 80.6 cm³/mol. The Kier molecular flexibility index (Phi) is 6.78. The van der Waals surface area contributed by atoms with Crippen LogP contribution < -0.4 is 0 Å². The molecule has 0 heterocycles. The first-order valence-corrected chi connectivity index (χ1v) is 6.70. The fourth-order valence-corrected chi connectivity index (χ4v) is 1.19. The Bertz CT molecular complexity index is 510. The number of benzene rings is 2. The van der Waals surface area contributed by atoms with Gasteiger partial charge in [0.15, 0.2) is 0 Å². The molecular formula is C16H16O2Si. The molecule has 0 radical (unpaired) electrons. The molecule has 0 saturated heterocycles. The summed E-state index contributed by atoms with van der Waals surface area (Å²) in [6, 6.07) is 20.0. The molecule has 0 aliphatic rings. The van der Waals surface area contributed by atoms with E-state index in [0.717, 1.165) is 11.1 Å². The van der Waals surface area contributed by atoms with Crippen LogP contribution in [0.1, 0.15) is 18.1 Å². The summed E-state index contributed by atoms with van der Waals surface area (Å²) >= 11 is 0. The highest BCUT2D eigenvalue weighted by Gasteiger charge is 1.83. The lowest BCUT2D eigenvalue weighted by atomic mass is 10.2. The summed E-state index contributed by atoms with van der Waals surface area (Å²) in [5.74, 6) is 6.04. The van der Waals surface area contributed by atoms with Gasteiger partial charge in [0.05, 0.1) is 0 Å². The molecule has 2 rings (SSSR count). The van der Waals surface area contributed by atoms with Gasteiger partial charge in [0.25, 0.3) is 5.97 Å². The summed E-state index contributed by atoms with van der Waals surface area (Å²) in [5, 5.41) is 0. The average molecular weight is 268 g/mol. The first-order valence-electron chi connectivity index (χ1n) is 5.89. The van der Waals surface area contributed by atoms with Crippen molar-refractivity contribution in [1.82, 2.24) is 0 Å². The molecule has 0 aliphatic heterocycles. The Morgan fingerprint density at radius 3 is 1.47 bits per heavy atom. The summed E-state index contributed by atoms with van der Waals surface area (Å²) in [6.45, 7) is 1.40. The molecule has 96 valence electrons. The minimum Gasteiger partial charge on any atom is -0.529 e. The highest BCUT2D eigenvalue weighted by Crippen LogP contribution is 1.98. The van der Waals surface area contributed by atoms with Crippen LogP contribution in [0.3, 0.4) is 0 Å². The third-order valence-corrected chi connectivity index (χ3v) is 2.76. The Balaban J connectivity index is 0.000000312. The van der Waals surface area contributed by atoms with E-state index < -0.39 is 0 Å². The van der Waals surface area contributed by atoms with Crippen molar-refractivity contribution in [3.05, 3.63) is 71.8 Å². The standard InChI is InChI=1S/C14H10.C2H6O2Si/c1-3-7-13(8-4-1)11-12-14-9-5-2-6-10-14;1-2(3)4-5/h1-10H;1,5H3. The smallest absolute Gasteiger partial charge is 0.288 e. The first-order chi connectivity index (χ1) is 9.22. The minimum atomic E-state index is -0.184. The largest absolute Gasteiger partial charge is 0.529 e. The zero-order valence-electron chi connectivity index (χ0n) is 11.1. The monoisotopic (exact) mass is 268 g/mol. The minimum absolute atomic E-state index is 0.184. The third kappa shape index (κ3) is 6.87. The van der Waals surface area contributed by atoms with E-state index in [2.05, 4.69) is 16.3 Å². The van der Waals surface area contributed by atoms with Crippen LogP contribution in [0.15, 0.2) is 60.7 Å². The molecule has 0 spiro atoms. The van der Waals surface area contributed by atoms with E-state index in [1.807, 2.05) is 60.7 Å². The molecule has 0 saturated carbocycles. The molecule has 0 N–H and O–H groups in total. The fourth-order valence-electron chi connectivity index (χ4n) is 1.19. The number of rotatable bonds is 0. The molecule has 0 fully saturated rings. The van der Waals surface area contributed by atoms with Crippen molar-refractivity contribution in [3.63, 3.8) is 0 Å². The highest BCUT2D eigenvalue weighted by molar-refractivity contribution is 6.04. The van der Waals surface area contributed by atoms with Gasteiger partial charge in [-0.3, -0.25) is 4.79 Å². The second-order valence-electron chi connectivity index (χ2n) is 3.68. The molecule has 0 atom stereocenters. The summed E-state index contributed by atoms with van der Waals surface area (Å²) in [6.07, 6.45) is 0. The van der Waals surface area contributed by atoms with E-state index >= 15 is 0 Å². The lowest BCUT2D eigenvalue weighted by molar-refractivity contribution is -0.131. The lowest BCUT2D eigenvalue weighted by Gasteiger charge is -1.88. The molecule has 0 aromatic heterocycles. The van der Waals surface area contributed by atoms with Crippen molar-refractivity contribution in [1.29, 1.82) is 0 Å². The molecule has 0 bridgehead atoms. The fraction of sp³-hybridized carbons (Fsp3) is 0.0625. The van der Waals surface area contributed by atoms with E-state index in [1.165, 1.54) is 6.92 Å². The zero-order chi connectivity index (χ0) is 13.9. The average Bonchev–Trinajstić information content (AvgIpc) is 2.48. The van der Waals surface area contributed by atoms with Crippen LogP contribution >= 0.6 is 0 Å². The molecule has 0 unspecified atom stereocenters. The second kappa shape index (κ2) is 8.73. The number of carbonyl (C=O) groups is 1. The van der Waals surface area contributed by atoms with Gasteiger partial charge in [-0.2, -0.15) is 0 Å². The molecule has 2 aromatic carbocycles. The summed E-state index contributed by atoms with van der Waals surface area (Å²) in [4.78, 5) is 9.62. The van der Waals surface area contributed by atoms with Gasteiger partial charge in [-0.15, -0.1) is 0 Å². The summed E-state index contributed by atoms with van der Waals surface area (Å²) in [7, 11) is 0.524. The van der Waals surface area contributed by atoms with Gasteiger partial charge in [-0.1, -0.05) is 48.2 Å². The van der Waals surface area contributed by atoms with Crippen molar-refractivity contribution >= 4 is 16.5 Å². The van der Waals surface area contributed by atoms with Gasteiger partial charge in [0.1, 0.15) is 0 Å². The molecule has 3 heteroatoms. The normalized spacial score (nSPS) is 8.47. The second-order valence-corrected chi connectivity index (χ2v) is 4.09. The number of hydrogen-bond acceptors (Lipinski definition) is 2. The van der Waals surface area contributed by atoms with Crippen molar-refractivity contribution in [2.45, 2.75) is 6.92 Å². The summed E-state index contributed by atoms with van der Waals surface area (Å²) in [5.41, 5.74) is 2.10. The van der Waals surface area contributed by atoms with E-state index in [4.69, 9.17) is 0 Å². The Labute approximate surface area is 117 Å². The van der Waals surface area contributed by atoms with Gasteiger partial charge < -0.3 is 4.43 Å². The lowest BCUT2D eigenvalue weighted by Crippen LogP contribution is -1.90. The van der Waals surface area contributed by atoms with Crippen molar-refractivity contribution in [2.75, 3.05) is 0 Å². The Hall–Kier alpha value is -2.31. The molecule has 0 amide bonds. The zero-order valence-corrected chi connectivity index (χ0v) is 13.1. The van der Waals surface area contributed by atoms with Crippen molar-refractivity contribution in [3.8, 4) is 11.8 Å². The number of hydrogen-bond donors (Lipinski definition) is 0. The van der Waals surface area contributed by atoms with Gasteiger partial charge in [0, 0.05) is 18.1 Å². The van der Waals surface area contributed by atoms with Gasteiger partial charge in [-0.05, 0) is 24.3 Å². The molecule has 2 nitrogen and oxygen atoms in total. The Morgan fingerprint density at radius 1 is 0.895 bits per heavy atom. The maximum absolute atomic E-state index is 9.62. The van der Waals surface area contributed by atoms with Crippen LogP contribution in [0.2, 0.25) is 0 Å². The first kappa shape index (κ1) is 14.7. The maximum atomic E-state index is 9.62. The third-order valence-electron chi connectivity index (χ3n) is 2.19. The van der Waals surface area contributed by atoms with Gasteiger partial charge in [0.2, 0.25) is 10.5 Å². The van der Waals surface area contributed by atoms with Gasteiger partial charge in [-0.25, -0.2) is 0 Å². The van der Waals surface area contributed by atoms with Crippen molar-refractivity contribution < 1.29 is 9.22 Å². The Morgan fingerprint density at radius 2 is 1.21 bits per heavy atom. The molecular weight excluding hydrogens is 252 g/mol. The van der Waals surface area contributed by atoms with E-state index in [1.54, 1.807) is 0 Å². The quantitative estimate of drug-likeness (QED) is 0.539. The van der Waals surface area contributed by atoms with E-state index in [-0.39, 0.29) is 5.97 Å².